The monoisotopic (exact) mass is 397 g/mol. The predicted molar refractivity (Wildman–Crippen MR) is 109 cm³/mol. The zero-order valence-electron chi connectivity index (χ0n) is 15.9. The van der Waals surface area contributed by atoms with Gasteiger partial charge in [-0.25, -0.2) is 4.79 Å². The number of carboxylic acid groups (broad SMARTS) is 1. The smallest absolute Gasteiger partial charge is 0.534 e. The molecule has 1 amide bonds. The van der Waals surface area contributed by atoms with Crippen LogP contribution in [0.3, 0.4) is 0 Å². The second-order valence-electron chi connectivity index (χ2n) is 6.94. The van der Waals surface area contributed by atoms with Crippen LogP contribution in [0.4, 0.5) is 0 Å². The van der Waals surface area contributed by atoms with Gasteiger partial charge in [0.2, 0.25) is 5.91 Å². The van der Waals surface area contributed by atoms with Crippen LogP contribution in [0.5, 0.6) is 5.75 Å². The number of fused-ring (bicyclic) bond motifs is 1. The van der Waals surface area contributed by atoms with Gasteiger partial charge in [-0.3, -0.25) is 4.79 Å². The summed E-state index contributed by atoms with van der Waals surface area (Å²) in [4.78, 5) is 23.7. The summed E-state index contributed by atoms with van der Waals surface area (Å²) >= 11 is 0. The van der Waals surface area contributed by atoms with Crippen LogP contribution in [-0.2, 0) is 24.2 Å². The Kier molecular flexibility index (Phi) is 6.87. The number of para-hydroxylation sites is 1. The summed E-state index contributed by atoms with van der Waals surface area (Å²) < 4.78 is 5.39. The van der Waals surface area contributed by atoms with Gasteiger partial charge in [-0.2, -0.15) is 0 Å². The highest BCUT2D eigenvalue weighted by Gasteiger charge is 2.37. The first-order chi connectivity index (χ1) is 14.0. The van der Waals surface area contributed by atoms with E-state index in [0.29, 0.717) is 18.7 Å². The number of aromatic carboxylic acids is 1. The fraction of sp³-hybridized carbons (Fsp3) is 0.300. The van der Waals surface area contributed by atoms with Crippen molar-refractivity contribution >= 4 is 19.0 Å². The maximum Gasteiger partial charge on any atom is 0.547 e. The summed E-state index contributed by atoms with van der Waals surface area (Å²) in [5.74, 6) is -1.88. The van der Waals surface area contributed by atoms with Gasteiger partial charge in [-0.1, -0.05) is 36.4 Å². The number of carbonyl (C=O) groups is 2. The highest BCUT2D eigenvalue weighted by molar-refractivity contribution is 6.47. The lowest BCUT2D eigenvalue weighted by Crippen LogP contribution is -2.53. The van der Waals surface area contributed by atoms with Crippen molar-refractivity contribution in [3.8, 4) is 5.75 Å². The number of nitrogens with one attached hydrogen (secondary N) is 2. The predicted octanol–water partition coefficient (Wildman–Crippen LogP) is 0.115. The first-order valence-electron chi connectivity index (χ1n) is 9.46. The van der Waals surface area contributed by atoms with Gasteiger partial charge in [0.25, 0.3) is 0 Å². The van der Waals surface area contributed by atoms with E-state index in [9.17, 15) is 19.7 Å². The molecule has 152 valence electrons. The van der Waals surface area contributed by atoms with Crippen molar-refractivity contribution in [1.29, 1.82) is 0 Å². The highest BCUT2D eigenvalue weighted by atomic mass is 16.5. The van der Waals surface area contributed by atoms with Crippen LogP contribution in [0.2, 0.25) is 0 Å². The van der Waals surface area contributed by atoms with Crippen LogP contribution < -0.4 is 21.0 Å². The quantitative estimate of drug-likeness (QED) is 0.315. The molecule has 1 atom stereocenters. The van der Waals surface area contributed by atoms with Crippen molar-refractivity contribution in [3.05, 3.63) is 64.7 Å². The summed E-state index contributed by atoms with van der Waals surface area (Å²) in [6, 6.07) is 12.4. The fourth-order valence-electron chi connectivity index (χ4n) is 3.27. The maximum absolute atomic E-state index is 12.4. The van der Waals surface area contributed by atoms with Gasteiger partial charge in [0.15, 0.2) is 0 Å². The summed E-state index contributed by atoms with van der Waals surface area (Å²) in [6.45, 7) is 2.04. The Morgan fingerprint density at radius 3 is 2.59 bits per heavy atom. The largest absolute Gasteiger partial charge is 0.547 e. The van der Waals surface area contributed by atoms with E-state index < -0.39 is 19.0 Å². The molecule has 1 heterocycles. The lowest BCUT2D eigenvalue weighted by Gasteiger charge is -2.28. The van der Waals surface area contributed by atoms with E-state index in [4.69, 9.17) is 10.4 Å². The normalized spacial score (nSPS) is 15.4. The Morgan fingerprint density at radius 2 is 1.90 bits per heavy atom. The third-order valence-corrected chi connectivity index (χ3v) is 4.73. The van der Waals surface area contributed by atoms with E-state index in [0.717, 1.165) is 17.7 Å². The van der Waals surface area contributed by atoms with Crippen LogP contribution in [0.25, 0.3) is 0 Å². The maximum atomic E-state index is 12.4. The van der Waals surface area contributed by atoms with Gasteiger partial charge in [-0.15, -0.1) is 0 Å². The fourth-order valence-corrected chi connectivity index (χ4v) is 3.27. The molecule has 8 nitrogen and oxygen atoms in total. The summed E-state index contributed by atoms with van der Waals surface area (Å²) in [6.07, 6.45) is 0.455. The van der Waals surface area contributed by atoms with Gasteiger partial charge >= 0.3 is 13.1 Å². The van der Waals surface area contributed by atoms with E-state index in [1.54, 1.807) is 12.1 Å². The number of hydrogen-bond acceptors (Lipinski definition) is 6. The number of hydrogen-bond donors (Lipinski definition) is 5. The van der Waals surface area contributed by atoms with E-state index in [2.05, 4.69) is 10.6 Å². The number of nitrogens with two attached hydrogens (primary N) is 1. The van der Waals surface area contributed by atoms with Crippen molar-refractivity contribution in [3.63, 3.8) is 0 Å². The molecule has 2 aromatic rings. The van der Waals surface area contributed by atoms with E-state index in [-0.39, 0.29) is 30.1 Å². The van der Waals surface area contributed by atoms with Gasteiger partial charge in [0, 0.05) is 19.6 Å². The molecule has 0 aromatic heterocycles. The van der Waals surface area contributed by atoms with Crippen molar-refractivity contribution in [2.75, 3.05) is 13.1 Å². The Balaban J connectivity index is 1.58. The van der Waals surface area contributed by atoms with Gasteiger partial charge < -0.3 is 31.2 Å². The molecule has 0 aliphatic carbocycles. The third-order valence-electron chi connectivity index (χ3n) is 4.73. The van der Waals surface area contributed by atoms with Crippen molar-refractivity contribution in [2.45, 2.75) is 25.3 Å². The highest BCUT2D eigenvalue weighted by Crippen LogP contribution is 2.30. The molecule has 1 unspecified atom stereocenters. The summed E-state index contributed by atoms with van der Waals surface area (Å²) in [5.41, 5.74) is 8.03. The number of carboxylic acids is 1. The van der Waals surface area contributed by atoms with E-state index in [1.807, 2.05) is 24.3 Å². The zero-order valence-corrected chi connectivity index (χ0v) is 15.9. The zero-order chi connectivity index (χ0) is 20.8. The first-order valence-corrected chi connectivity index (χ1v) is 9.46. The van der Waals surface area contributed by atoms with Crippen LogP contribution >= 0.6 is 0 Å². The number of carbonyl (C=O) groups excluding carboxylic acids is 1. The van der Waals surface area contributed by atoms with Gasteiger partial charge in [-0.05, 0) is 29.2 Å². The number of amides is 1. The molecule has 2 aromatic carbocycles. The third kappa shape index (κ3) is 5.35. The SMILES string of the molecule is NCCNCc1ccc(CC(=O)NC2Cc3cccc(C(=O)O)c3OB2O)cc1. The molecular formula is C20H24BN3O5. The first kappa shape index (κ1) is 20.8. The second-order valence-corrected chi connectivity index (χ2v) is 6.94. The molecule has 1 aliphatic rings. The Hall–Kier alpha value is -2.88. The van der Waals surface area contributed by atoms with Crippen molar-refractivity contribution < 1.29 is 24.4 Å². The standard InChI is InChI=1S/C20H24BN3O5/c22-8-9-23-12-14-6-4-13(5-7-14)10-18(25)24-17-11-15-2-1-3-16(20(26)27)19(15)29-21(17)28/h1-7,17,23,28H,8-12,22H2,(H,24,25)(H,26,27). The molecule has 1 aliphatic heterocycles. The number of rotatable bonds is 8. The van der Waals surface area contributed by atoms with Crippen molar-refractivity contribution in [1.82, 2.24) is 10.6 Å². The summed E-state index contributed by atoms with van der Waals surface area (Å²) in [7, 11) is -1.32. The minimum absolute atomic E-state index is 0.00707. The lowest BCUT2D eigenvalue weighted by molar-refractivity contribution is -0.120. The van der Waals surface area contributed by atoms with Gasteiger partial charge in [0.1, 0.15) is 5.75 Å². The topological polar surface area (TPSA) is 134 Å². The van der Waals surface area contributed by atoms with Crippen LogP contribution in [0.15, 0.2) is 42.5 Å². The van der Waals surface area contributed by atoms with Gasteiger partial charge in [0.05, 0.1) is 17.9 Å². The minimum atomic E-state index is -1.32. The van der Waals surface area contributed by atoms with E-state index >= 15 is 0 Å². The Labute approximate surface area is 169 Å². The molecular weight excluding hydrogens is 373 g/mol. The average molecular weight is 397 g/mol. The minimum Gasteiger partial charge on any atom is -0.534 e. The molecule has 0 spiro atoms. The molecule has 6 N–H and O–H groups in total. The van der Waals surface area contributed by atoms with Crippen molar-refractivity contribution in [2.24, 2.45) is 5.73 Å². The van der Waals surface area contributed by atoms with Crippen LogP contribution in [-0.4, -0.2) is 48.2 Å². The van der Waals surface area contributed by atoms with E-state index in [1.165, 1.54) is 6.07 Å². The Bertz CT molecular complexity index is 875. The number of benzene rings is 2. The molecule has 0 saturated carbocycles. The molecule has 29 heavy (non-hydrogen) atoms. The van der Waals surface area contributed by atoms with Crippen LogP contribution in [0, 0.1) is 0 Å². The molecule has 0 saturated heterocycles. The molecule has 0 radical (unpaired) electrons. The average Bonchev–Trinajstić information content (AvgIpc) is 2.69. The molecule has 3 rings (SSSR count). The second kappa shape index (κ2) is 9.55. The molecule has 0 fully saturated rings. The Morgan fingerprint density at radius 1 is 1.17 bits per heavy atom. The lowest BCUT2D eigenvalue weighted by atomic mass is 9.72. The molecule has 9 heteroatoms. The summed E-state index contributed by atoms with van der Waals surface area (Å²) in [5, 5.41) is 25.5. The van der Waals surface area contributed by atoms with Crippen LogP contribution in [0.1, 0.15) is 27.0 Å². The molecule has 0 bridgehead atoms.